The minimum Gasteiger partial charge on any atom is -0.357 e. The number of amides is 1. The highest BCUT2D eigenvalue weighted by Crippen LogP contribution is 2.11. The highest BCUT2D eigenvalue weighted by atomic mass is 127. The Kier molecular flexibility index (Phi) is 10.2. The van der Waals surface area contributed by atoms with Crippen molar-refractivity contribution in [1.29, 1.82) is 0 Å². The van der Waals surface area contributed by atoms with Crippen LogP contribution in [0.1, 0.15) is 29.3 Å². The molecule has 1 aliphatic rings. The summed E-state index contributed by atoms with van der Waals surface area (Å²) in [6.07, 6.45) is 0.697. The fourth-order valence-corrected chi connectivity index (χ4v) is 4.29. The molecule has 0 saturated carbocycles. The highest BCUT2D eigenvalue weighted by Gasteiger charge is 2.27. The first kappa shape index (κ1) is 24.6. The van der Waals surface area contributed by atoms with Gasteiger partial charge in [0.2, 0.25) is 10.0 Å². The lowest BCUT2D eigenvalue weighted by Crippen LogP contribution is -2.42. The smallest absolute Gasteiger partial charge is 0.253 e. The first-order chi connectivity index (χ1) is 12.8. The molecule has 1 aromatic carbocycles. The molecule has 0 aliphatic carbocycles. The molecule has 0 spiro atoms. The number of carbonyl (C=O) groups excluding carboxylic acids is 1. The predicted molar refractivity (Wildman–Crippen MR) is 123 cm³/mol. The van der Waals surface area contributed by atoms with Gasteiger partial charge in [0.15, 0.2) is 5.96 Å². The Morgan fingerprint density at radius 1 is 1.21 bits per heavy atom. The van der Waals surface area contributed by atoms with E-state index in [4.69, 9.17) is 0 Å². The number of nitrogens with one attached hydrogen (secondary N) is 2. The van der Waals surface area contributed by atoms with Crippen molar-refractivity contribution in [2.45, 2.75) is 19.9 Å². The number of nitrogens with zero attached hydrogens (tertiary/aromatic N) is 3. The average molecular weight is 523 g/mol. The molecule has 8 nitrogen and oxygen atoms in total. The van der Waals surface area contributed by atoms with E-state index in [1.807, 2.05) is 19.1 Å². The molecule has 2 N–H and O–H groups in total. The normalized spacial score (nSPS) is 16.3. The van der Waals surface area contributed by atoms with E-state index in [2.05, 4.69) is 15.6 Å². The third-order valence-electron chi connectivity index (χ3n) is 4.23. The molecule has 1 amide bonds. The van der Waals surface area contributed by atoms with E-state index in [9.17, 15) is 13.2 Å². The number of benzene rings is 1. The van der Waals surface area contributed by atoms with Crippen LogP contribution in [0.5, 0.6) is 0 Å². The maximum atomic E-state index is 11.9. The van der Waals surface area contributed by atoms with Crippen molar-refractivity contribution >= 4 is 45.9 Å². The zero-order chi connectivity index (χ0) is 19.9. The summed E-state index contributed by atoms with van der Waals surface area (Å²) in [5.74, 6) is 0.854. The lowest BCUT2D eigenvalue weighted by atomic mass is 10.1. The van der Waals surface area contributed by atoms with Crippen molar-refractivity contribution in [2.75, 3.05) is 46.0 Å². The molecule has 1 heterocycles. The largest absolute Gasteiger partial charge is 0.357 e. The van der Waals surface area contributed by atoms with Gasteiger partial charge in [-0.1, -0.05) is 12.1 Å². The molecular formula is C18H30IN5O3S. The van der Waals surface area contributed by atoms with Gasteiger partial charge in [0, 0.05) is 45.8 Å². The van der Waals surface area contributed by atoms with E-state index >= 15 is 0 Å². The van der Waals surface area contributed by atoms with Crippen LogP contribution >= 0.6 is 24.0 Å². The molecule has 0 radical (unpaired) electrons. The third-order valence-corrected chi connectivity index (χ3v) is 6.18. The van der Waals surface area contributed by atoms with Gasteiger partial charge in [0.05, 0.1) is 12.3 Å². The summed E-state index contributed by atoms with van der Waals surface area (Å²) >= 11 is 0. The van der Waals surface area contributed by atoms with Gasteiger partial charge in [-0.25, -0.2) is 17.7 Å². The van der Waals surface area contributed by atoms with E-state index in [1.165, 1.54) is 4.31 Å². The van der Waals surface area contributed by atoms with Crippen molar-refractivity contribution in [3.05, 3.63) is 35.4 Å². The van der Waals surface area contributed by atoms with E-state index in [0.717, 1.165) is 5.56 Å². The summed E-state index contributed by atoms with van der Waals surface area (Å²) in [5.41, 5.74) is 1.63. The molecule has 2 rings (SSSR count). The van der Waals surface area contributed by atoms with E-state index in [0.29, 0.717) is 50.7 Å². The van der Waals surface area contributed by atoms with Crippen LogP contribution in [0.2, 0.25) is 0 Å². The Balaban J connectivity index is 0.00000392. The molecule has 1 aliphatic heterocycles. The Hall–Kier alpha value is -1.40. The van der Waals surface area contributed by atoms with Crippen LogP contribution in [0, 0.1) is 0 Å². The van der Waals surface area contributed by atoms with Gasteiger partial charge >= 0.3 is 0 Å². The molecule has 28 heavy (non-hydrogen) atoms. The van der Waals surface area contributed by atoms with Crippen molar-refractivity contribution in [2.24, 2.45) is 4.99 Å². The van der Waals surface area contributed by atoms with Crippen LogP contribution < -0.4 is 10.6 Å². The second kappa shape index (κ2) is 11.6. The van der Waals surface area contributed by atoms with Gasteiger partial charge in [-0.3, -0.25) is 4.79 Å². The van der Waals surface area contributed by atoms with Gasteiger partial charge in [-0.05, 0) is 31.0 Å². The first-order valence-corrected chi connectivity index (χ1v) is 10.7. The molecular weight excluding hydrogens is 493 g/mol. The molecule has 158 valence electrons. The van der Waals surface area contributed by atoms with Crippen molar-refractivity contribution in [1.82, 2.24) is 19.8 Å². The first-order valence-electron chi connectivity index (χ1n) is 9.14. The fourth-order valence-electron chi connectivity index (χ4n) is 2.76. The SMILES string of the molecule is CCNC(=NCc1ccc(C(=O)N(C)C)cc1)NCCN1CCCS1(=O)=O.I. The van der Waals surface area contributed by atoms with Crippen LogP contribution in [0.3, 0.4) is 0 Å². The van der Waals surface area contributed by atoms with Gasteiger partial charge in [-0.15, -0.1) is 24.0 Å². The standard InChI is InChI=1S/C18H29N5O3S.HI/c1-4-19-18(20-10-12-23-11-5-13-27(23,25)26)21-14-15-6-8-16(9-7-15)17(24)22(2)3;/h6-9H,4-5,10-14H2,1-3H3,(H2,19,20,21);1H. The van der Waals surface area contributed by atoms with Gasteiger partial charge in [-0.2, -0.15) is 0 Å². The Bertz CT molecular complexity index is 766. The van der Waals surface area contributed by atoms with Gasteiger partial charge < -0.3 is 15.5 Å². The predicted octanol–water partition coefficient (Wildman–Crippen LogP) is 1.10. The van der Waals surface area contributed by atoms with Gasteiger partial charge in [0.1, 0.15) is 0 Å². The Morgan fingerprint density at radius 3 is 2.43 bits per heavy atom. The van der Waals surface area contributed by atoms with E-state index in [1.54, 1.807) is 31.1 Å². The molecule has 10 heteroatoms. The van der Waals surface area contributed by atoms with E-state index < -0.39 is 10.0 Å². The van der Waals surface area contributed by atoms with Gasteiger partial charge in [0.25, 0.3) is 5.91 Å². The third kappa shape index (κ3) is 7.21. The summed E-state index contributed by atoms with van der Waals surface area (Å²) < 4.78 is 25.2. The Labute approximate surface area is 184 Å². The maximum absolute atomic E-state index is 11.9. The molecule has 1 saturated heterocycles. The lowest BCUT2D eigenvalue weighted by Gasteiger charge is -2.16. The number of sulfonamides is 1. The summed E-state index contributed by atoms with van der Waals surface area (Å²) in [6, 6.07) is 7.37. The summed E-state index contributed by atoms with van der Waals surface area (Å²) in [7, 11) is 0.381. The van der Waals surface area contributed by atoms with E-state index in [-0.39, 0.29) is 35.6 Å². The minimum atomic E-state index is -3.07. The van der Waals surface area contributed by atoms with Crippen LogP contribution in [0.15, 0.2) is 29.3 Å². The number of rotatable bonds is 7. The molecule has 0 atom stereocenters. The topological polar surface area (TPSA) is 94.1 Å². The number of aliphatic imine (C=N–C) groups is 1. The second-order valence-electron chi connectivity index (χ2n) is 6.59. The highest BCUT2D eigenvalue weighted by molar-refractivity contribution is 14.0. The number of halogens is 1. The zero-order valence-electron chi connectivity index (χ0n) is 16.6. The average Bonchev–Trinajstić information content (AvgIpc) is 2.97. The summed E-state index contributed by atoms with van der Waals surface area (Å²) in [4.78, 5) is 18.0. The lowest BCUT2D eigenvalue weighted by molar-refractivity contribution is 0.0827. The zero-order valence-corrected chi connectivity index (χ0v) is 19.8. The summed E-state index contributed by atoms with van der Waals surface area (Å²) in [5, 5.41) is 6.33. The Morgan fingerprint density at radius 2 is 1.89 bits per heavy atom. The van der Waals surface area contributed by atoms with Crippen LogP contribution in [0.25, 0.3) is 0 Å². The van der Waals surface area contributed by atoms with Crippen LogP contribution in [0.4, 0.5) is 0 Å². The second-order valence-corrected chi connectivity index (χ2v) is 8.68. The van der Waals surface area contributed by atoms with Crippen molar-refractivity contribution in [3.8, 4) is 0 Å². The number of guanidine groups is 1. The van der Waals surface area contributed by atoms with Crippen LogP contribution in [-0.4, -0.2) is 75.5 Å². The quantitative estimate of drug-likeness (QED) is 0.317. The van der Waals surface area contributed by atoms with Crippen LogP contribution in [-0.2, 0) is 16.6 Å². The maximum Gasteiger partial charge on any atom is 0.253 e. The molecule has 1 fully saturated rings. The molecule has 0 unspecified atom stereocenters. The number of carbonyl (C=O) groups is 1. The molecule has 0 aromatic heterocycles. The molecule has 1 aromatic rings. The van der Waals surface area contributed by atoms with Crippen molar-refractivity contribution in [3.63, 3.8) is 0 Å². The minimum absolute atomic E-state index is 0. The fraction of sp³-hybridized carbons (Fsp3) is 0.556. The number of hydrogen-bond donors (Lipinski definition) is 2. The van der Waals surface area contributed by atoms with Crippen molar-refractivity contribution < 1.29 is 13.2 Å². The summed E-state index contributed by atoms with van der Waals surface area (Å²) in [6.45, 7) is 4.69. The monoisotopic (exact) mass is 523 g/mol. The number of hydrogen-bond acceptors (Lipinski definition) is 4. The molecule has 0 bridgehead atoms.